The molecule has 2 N–H and O–H groups in total. The van der Waals surface area contributed by atoms with Crippen molar-refractivity contribution in [1.29, 1.82) is 0 Å². The summed E-state index contributed by atoms with van der Waals surface area (Å²) < 4.78 is 5.28. The molecule has 268 valence electrons. The number of allylic oxidation sites excluding steroid dienone is 7. The Morgan fingerprint density at radius 2 is 1.06 bits per heavy atom. The van der Waals surface area contributed by atoms with E-state index in [4.69, 9.17) is 4.74 Å². The number of benzene rings is 1. The lowest BCUT2D eigenvalue weighted by Crippen LogP contribution is -2.20. The smallest absolute Gasteiger partial charge is 0.224 e. The van der Waals surface area contributed by atoms with Crippen LogP contribution in [-0.2, 0) is 20.7 Å². The van der Waals surface area contributed by atoms with E-state index in [-0.39, 0.29) is 34.4 Å². The highest BCUT2D eigenvalue weighted by molar-refractivity contribution is 6.37. The van der Waals surface area contributed by atoms with Gasteiger partial charge in [-0.1, -0.05) is 128 Å². The minimum atomic E-state index is -0.328. The van der Waals surface area contributed by atoms with Gasteiger partial charge in [-0.05, 0) is 75.8 Å². The van der Waals surface area contributed by atoms with Crippen LogP contribution in [-0.4, -0.2) is 28.9 Å². The minimum absolute atomic E-state index is 0.0345. The standard InChI is InChI=1S/C43H66O5/c1-4-6-8-10-12-14-16-17-18-19-21-22-24-26-28-30-35-32-36(44)33-38(45)41(35)42-37(43(47)40(48-3)34-39(42)46)31-29-27-25-23-20-15-13-11-9-7-5-2/h10-13,32-34,44-45H,4-9,14-31H2,1-3H3. The molecule has 0 aliphatic heterocycles. The van der Waals surface area contributed by atoms with Gasteiger partial charge in [0, 0.05) is 28.9 Å². The van der Waals surface area contributed by atoms with E-state index in [1.165, 1.54) is 96.3 Å². The molecule has 1 aliphatic carbocycles. The molecule has 0 fully saturated rings. The molecule has 0 aromatic heterocycles. The first-order valence-electron chi connectivity index (χ1n) is 19.4. The molecule has 0 saturated carbocycles. The Bertz CT molecular complexity index is 1200. The van der Waals surface area contributed by atoms with Crippen LogP contribution < -0.4 is 0 Å². The monoisotopic (exact) mass is 662 g/mol. The summed E-state index contributed by atoms with van der Waals surface area (Å²) in [6.07, 6.45) is 37.1. The number of carbonyl (C=O) groups excluding carboxylic acids is 2. The van der Waals surface area contributed by atoms with Crippen LogP contribution in [0.5, 0.6) is 11.5 Å². The fourth-order valence-corrected chi connectivity index (χ4v) is 6.51. The second-order valence-corrected chi connectivity index (χ2v) is 13.5. The Labute approximate surface area is 292 Å². The third kappa shape index (κ3) is 15.9. The third-order valence-corrected chi connectivity index (χ3v) is 9.36. The maximum Gasteiger partial charge on any atom is 0.224 e. The number of ether oxygens (including phenoxy) is 1. The van der Waals surface area contributed by atoms with Crippen molar-refractivity contribution in [1.82, 2.24) is 0 Å². The van der Waals surface area contributed by atoms with Crippen molar-refractivity contribution in [3.8, 4) is 11.5 Å². The van der Waals surface area contributed by atoms with Crippen LogP contribution in [0.2, 0.25) is 0 Å². The number of phenols is 2. The van der Waals surface area contributed by atoms with E-state index < -0.39 is 0 Å². The number of aromatic hydroxyl groups is 2. The summed E-state index contributed by atoms with van der Waals surface area (Å²) in [4.78, 5) is 26.9. The van der Waals surface area contributed by atoms with Gasteiger partial charge in [-0.15, -0.1) is 0 Å². The molecule has 0 amide bonds. The Morgan fingerprint density at radius 1 is 0.604 bits per heavy atom. The second-order valence-electron chi connectivity index (χ2n) is 13.5. The van der Waals surface area contributed by atoms with E-state index in [1.54, 1.807) is 6.07 Å². The molecule has 1 aromatic rings. The van der Waals surface area contributed by atoms with Gasteiger partial charge in [-0.2, -0.15) is 0 Å². The SMILES string of the molecule is CCCCC=CCCCCCCCCCCCc1cc(O)cc(O)c1C1=C(CCCCCCCC=CCCCC)C(=O)C(OC)=CC1=O. The zero-order chi connectivity index (χ0) is 34.8. The molecule has 1 aliphatic rings. The zero-order valence-electron chi connectivity index (χ0n) is 30.6. The quantitative estimate of drug-likeness (QED) is 0.0530. The molecule has 0 spiro atoms. The molecule has 0 radical (unpaired) electrons. The average Bonchev–Trinajstić information content (AvgIpc) is 3.07. The largest absolute Gasteiger partial charge is 0.508 e. The molecule has 2 rings (SSSR count). The molecule has 0 atom stereocenters. The lowest BCUT2D eigenvalue weighted by atomic mass is 9.82. The fourth-order valence-electron chi connectivity index (χ4n) is 6.51. The predicted molar refractivity (Wildman–Crippen MR) is 201 cm³/mol. The van der Waals surface area contributed by atoms with Gasteiger partial charge in [0.25, 0.3) is 0 Å². The van der Waals surface area contributed by atoms with E-state index in [0.717, 1.165) is 64.2 Å². The molecule has 5 heteroatoms. The number of hydrogen-bond acceptors (Lipinski definition) is 5. The van der Waals surface area contributed by atoms with Crippen LogP contribution in [0.25, 0.3) is 5.57 Å². The zero-order valence-corrected chi connectivity index (χ0v) is 30.6. The van der Waals surface area contributed by atoms with Gasteiger partial charge in [0.2, 0.25) is 5.78 Å². The highest BCUT2D eigenvalue weighted by Gasteiger charge is 2.32. The van der Waals surface area contributed by atoms with Gasteiger partial charge >= 0.3 is 0 Å². The summed E-state index contributed by atoms with van der Waals surface area (Å²) in [5, 5.41) is 21.4. The summed E-state index contributed by atoms with van der Waals surface area (Å²) in [7, 11) is 1.41. The summed E-state index contributed by atoms with van der Waals surface area (Å²) >= 11 is 0. The van der Waals surface area contributed by atoms with Crippen molar-refractivity contribution in [2.75, 3.05) is 7.11 Å². The topological polar surface area (TPSA) is 83.8 Å². The van der Waals surface area contributed by atoms with Crippen LogP contribution in [0.15, 0.2) is 53.8 Å². The maximum absolute atomic E-state index is 13.5. The molecule has 1 aromatic carbocycles. The first-order chi connectivity index (χ1) is 23.4. The lowest BCUT2D eigenvalue weighted by Gasteiger charge is -2.22. The van der Waals surface area contributed by atoms with Crippen LogP contribution in [0.1, 0.15) is 173 Å². The van der Waals surface area contributed by atoms with E-state index in [2.05, 4.69) is 38.2 Å². The Hall–Kier alpha value is -3.08. The first kappa shape index (κ1) is 41.1. The van der Waals surface area contributed by atoms with Crippen molar-refractivity contribution in [2.45, 2.75) is 168 Å². The summed E-state index contributed by atoms with van der Waals surface area (Å²) in [5.74, 6) is -0.756. The number of aryl methyl sites for hydroxylation is 1. The van der Waals surface area contributed by atoms with Crippen molar-refractivity contribution >= 4 is 17.1 Å². The fraction of sp³-hybridized carbons (Fsp3) is 0.628. The molecular formula is C43H66O5. The van der Waals surface area contributed by atoms with E-state index in [0.29, 0.717) is 29.5 Å². The molecule has 5 nitrogen and oxygen atoms in total. The normalized spacial score (nSPS) is 13.8. The van der Waals surface area contributed by atoms with Gasteiger partial charge in [-0.3, -0.25) is 9.59 Å². The Morgan fingerprint density at radius 3 is 1.56 bits per heavy atom. The number of phenolic OH excluding ortho intramolecular Hbond substituents is 2. The number of hydrogen-bond donors (Lipinski definition) is 2. The third-order valence-electron chi connectivity index (χ3n) is 9.36. The lowest BCUT2D eigenvalue weighted by molar-refractivity contribution is -0.117. The highest BCUT2D eigenvalue weighted by atomic mass is 16.5. The molecule has 0 heterocycles. The molecule has 0 unspecified atom stereocenters. The van der Waals surface area contributed by atoms with Crippen LogP contribution in [0.4, 0.5) is 0 Å². The number of unbranched alkanes of at least 4 members (excludes halogenated alkanes) is 18. The maximum atomic E-state index is 13.5. The van der Waals surface area contributed by atoms with Crippen LogP contribution in [0.3, 0.4) is 0 Å². The minimum Gasteiger partial charge on any atom is -0.508 e. The number of methoxy groups -OCH3 is 1. The molecule has 0 bridgehead atoms. The number of Topliss-reactive ketones (excluding diaryl/α,β-unsaturated/α-hetero) is 1. The van der Waals surface area contributed by atoms with Gasteiger partial charge < -0.3 is 14.9 Å². The predicted octanol–water partition coefficient (Wildman–Crippen LogP) is 12.2. The Balaban J connectivity index is 1.91. The van der Waals surface area contributed by atoms with E-state index in [1.807, 2.05) is 0 Å². The van der Waals surface area contributed by atoms with Crippen molar-refractivity contribution in [3.63, 3.8) is 0 Å². The van der Waals surface area contributed by atoms with Crippen LogP contribution >= 0.6 is 0 Å². The van der Waals surface area contributed by atoms with E-state index in [9.17, 15) is 19.8 Å². The van der Waals surface area contributed by atoms with E-state index >= 15 is 0 Å². The van der Waals surface area contributed by atoms with Crippen molar-refractivity contribution in [3.05, 3.63) is 65.0 Å². The van der Waals surface area contributed by atoms with Crippen molar-refractivity contribution in [2.24, 2.45) is 0 Å². The summed E-state index contributed by atoms with van der Waals surface area (Å²) in [6, 6.07) is 2.92. The van der Waals surface area contributed by atoms with Crippen LogP contribution in [0, 0.1) is 0 Å². The Kier molecular flexibility index (Phi) is 22.1. The number of carbonyl (C=O) groups is 2. The van der Waals surface area contributed by atoms with Gasteiger partial charge in [-0.25, -0.2) is 0 Å². The first-order valence-corrected chi connectivity index (χ1v) is 19.4. The summed E-state index contributed by atoms with van der Waals surface area (Å²) in [5.41, 5.74) is 1.78. The van der Waals surface area contributed by atoms with Gasteiger partial charge in [0.05, 0.1) is 7.11 Å². The van der Waals surface area contributed by atoms with Crippen molar-refractivity contribution < 1.29 is 24.5 Å². The highest BCUT2D eigenvalue weighted by Crippen LogP contribution is 2.40. The second kappa shape index (κ2) is 25.9. The number of rotatable bonds is 28. The molecule has 48 heavy (non-hydrogen) atoms. The summed E-state index contributed by atoms with van der Waals surface area (Å²) in [6.45, 7) is 4.45. The average molecular weight is 663 g/mol. The van der Waals surface area contributed by atoms with Gasteiger partial charge in [0.15, 0.2) is 11.5 Å². The number of ketones is 2. The van der Waals surface area contributed by atoms with Gasteiger partial charge in [0.1, 0.15) is 11.5 Å². The molecule has 0 saturated heterocycles. The molecular weight excluding hydrogens is 596 g/mol.